The third kappa shape index (κ3) is 10.5. The van der Waals surface area contributed by atoms with Crippen molar-refractivity contribution in [3.05, 3.63) is 35.6 Å². The second-order valence-corrected chi connectivity index (χ2v) is 10.1. The van der Waals surface area contributed by atoms with E-state index in [1.165, 1.54) is 12.1 Å². The van der Waals surface area contributed by atoms with Gasteiger partial charge in [-0.15, -0.1) is 24.0 Å². The molecule has 2 rings (SSSR count). The summed E-state index contributed by atoms with van der Waals surface area (Å²) in [6.07, 6.45) is 2.96. The number of rotatable bonds is 10. The van der Waals surface area contributed by atoms with Crippen LogP contribution in [0.4, 0.5) is 4.39 Å². The fourth-order valence-electron chi connectivity index (χ4n) is 3.18. The molecule has 10 heteroatoms. The lowest BCUT2D eigenvalue weighted by Gasteiger charge is -2.24. The molecule has 3 N–H and O–H groups in total. The van der Waals surface area contributed by atoms with Crippen LogP contribution in [0.25, 0.3) is 0 Å². The highest BCUT2D eigenvalue weighted by atomic mass is 127. The van der Waals surface area contributed by atoms with Gasteiger partial charge < -0.3 is 15.4 Å². The molecule has 31 heavy (non-hydrogen) atoms. The lowest BCUT2D eigenvalue weighted by molar-refractivity contribution is 0.0200. The molecule has 0 radical (unpaired) electrons. The molecular weight excluding hydrogens is 534 g/mol. The zero-order chi connectivity index (χ0) is 22.0. The molecule has 0 aromatic heterocycles. The number of nitrogens with zero attached hydrogens (tertiary/aromatic N) is 1. The summed E-state index contributed by atoms with van der Waals surface area (Å²) in [7, 11) is -3.40. The van der Waals surface area contributed by atoms with Gasteiger partial charge in [-0.05, 0) is 43.9 Å². The van der Waals surface area contributed by atoms with Gasteiger partial charge in [0, 0.05) is 31.7 Å². The van der Waals surface area contributed by atoms with Crippen LogP contribution in [-0.4, -0.2) is 59.0 Å². The number of ether oxygens (including phenoxy) is 1. The fourth-order valence-corrected chi connectivity index (χ4v) is 4.14. The molecule has 1 fully saturated rings. The van der Waals surface area contributed by atoms with Crippen molar-refractivity contribution in [1.29, 1.82) is 0 Å². The Labute approximate surface area is 203 Å². The van der Waals surface area contributed by atoms with Gasteiger partial charge in [0.15, 0.2) is 5.96 Å². The van der Waals surface area contributed by atoms with Gasteiger partial charge >= 0.3 is 0 Å². The molecule has 1 aromatic carbocycles. The minimum Gasteiger partial charge on any atom is -0.377 e. The average Bonchev–Trinajstić information content (AvgIpc) is 2.71. The summed E-state index contributed by atoms with van der Waals surface area (Å²) in [5.74, 6) is 0.205. The molecule has 1 heterocycles. The first kappa shape index (κ1) is 28.1. The quantitative estimate of drug-likeness (QED) is 0.229. The van der Waals surface area contributed by atoms with Crippen molar-refractivity contribution >= 4 is 40.0 Å². The highest BCUT2D eigenvalue weighted by Crippen LogP contribution is 2.24. The van der Waals surface area contributed by atoms with E-state index in [1.807, 2.05) is 26.8 Å². The summed E-state index contributed by atoms with van der Waals surface area (Å²) >= 11 is 0. The second-order valence-electron chi connectivity index (χ2n) is 8.17. The Kier molecular flexibility index (Phi) is 12.3. The number of halogens is 2. The molecule has 0 bridgehead atoms. The van der Waals surface area contributed by atoms with Crippen LogP contribution in [-0.2, 0) is 20.2 Å². The van der Waals surface area contributed by atoms with Gasteiger partial charge in [-0.25, -0.2) is 17.5 Å². The molecule has 1 aromatic rings. The van der Waals surface area contributed by atoms with Crippen LogP contribution < -0.4 is 15.4 Å². The first-order chi connectivity index (χ1) is 14.2. The van der Waals surface area contributed by atoms with Gasteiger partial charge in [0.2, 0.25) is 10.0 Å². The Hall–Kier alpha value is -0.980. The molecule has 178 valence electrons. The van der Waals surface area contributed by atoms with E-state index in [2.05, 4.69) is 20.3 Å². The summed E-state index contributed by atoms with van der Waals surface area (Å²) in [6.45, 7) is 8.25. The van der Waals surface area contributed by atoms with Crippen LogP contribution in [0.5, 0.6) is 0 Å². The van der Waals surface area contributed by atoms with E-state index in [0.717, 1.165) is 24.8 Å². The zero-order valence-corrected chi connectivity index (χ0v) is 21.8. The summed E-state index contributed by atoms with van der Waals surface area (Å²) in [5.41, 5.74) is 0.497. The zero-order valence-electron chi connectivity index (χ0n) is 18.6. The van der Waals surface area contributed by atoms with E-state index < -0.39 is 10.0 Å². The van der Waals surface area contributed by atoms with Crippen molar-refractivity contribution in [3.8, 4) is 0 Å². The highest BCUT2D eigenvalue weighted by Gasteiger charge is 2.21. The topological polar surface area (TPSA) is 91.8 Å². The Morgan fingerprint density at radius 3 is 2.71 bits per heavy atom. The van der Waals surface area contributed by atoms with E-state index in [9.17, 15) is 12.8 Å². The van der Waals surface area contributed by atoms with Gasteiger partial charge in [0.05, 0.1) is 18.4 Å². The first-order valence-corrected chi connectivity index (χ1v) is 12.2. The molecule has 0 spiro atoms. The smallest absolute Gasteiger partial charge is 0.213 e. The summed E-state index contributed by atoms with van der Waals surface area (Å²) in [5, 5.41) is 6.18. The number of benzene rings is 1. The average molecular weight is 571 g/mol. The van der Waals surface area contributed by atoms with E-state index in [0.29, 0.717) is 32.2 Å². The van der Waals surface area contributed by atoms with Gasteiger partial charge in [-0.3, -0.25) is 4.99 Å². The molecule has 1 atom stereocenters. The lowest BCUT2D eigenvalue weighted by Crippen LogP contribution is -2.43. The molecular formula is C21H36FIN4O3S. The molecule has 1 aliphatic rings. The predicted octanol–water partition coefficient (Wildman–Crippen LogP) is 2.76. The van der Waals surface area contributed by atoms with Crippen molar-refractivity contribution < 1.29 is 17.5 Å². The number of hydrogen-bond donors (Lipinski definition) is 3. The van der Waals surface area contributed by atoms with Gasteiger partial charge in [0.1, 0.15) is 5.82 Å². The minimum atomic E-state index is -3.40. The SMILES string of the molecule is CCNC(=NCC(C)(C)c1cccc(F)c1)NCCS(=O)(=O)NCC1CCCCO1.I. The second kappa shape index (κ2) is 13.5. The highest BCUT2D eigenvalue weighted by molar-refractivity contribution is 14.0. The summed E-state index contributed by atoms with van der Waals surface area (Å²) < 4.78 is 46.2. The number of sulfonamides is 1. The van der Waals surface area contributed by atoms with Gasteiger partial charge in [0.25, 0.3) is 0 Å². The predicted molar refractivity (Wildman–Crippen MR) is 134 cm³/mol. The molecule has 0 aliphatic carbocycles. The molecule has 0 saturated carbocycles. The normalized spacial score (nSPS) is 17.7. The van der Waals surface area contributed by atoms with E-state index in [4.69, 9.17) is 4.74 Å². The number of guanidine groups is 1. The fraction of sp³-hybridized carbons (Fsp3) is 0.667. The Bertz CT molecular complexity index is 800. The van der Waals surface area contributed by atoms with Crippen LogP contribution in [0.1, 0.15) is 45.6 Å². The van der Waals surface area contributed by atoms with Crippen molar-refractivity contribution in [3.63, 3.8) is 0 Å². The Morgan fingerprint density at radius 2 is 2.06 bits per heavy atom. The van der Waals surface area contributed by atoms with E-state index >= 15 is 0 Å². The molecule has 7 nitrogen and oxygen atoms in total. The molecule has 1 saturated heterocycles. The third-order valence-electron chi connectivity index (χ3n) is 5.05. The Balaban J connectivity index is 0.00000480. The monoisotopic (exact) mass is 570 g/mol. The summed E-state index contributed by atoms with van der Waals surface area (Å²) in [4.78, 5) is 4.57. The number of nitrogens with one attached hydrogen (secondary N) is 3. The maximum Gasteiger partial charge on any atom is 0.213 e. The van der Waals surface area contributed by atoms with Crippen molar-refractivity contribution in [2.75, 3.05) is 38.5 Å². The van der Waals surface area contributed by atoms with Crippen LogP contribution in [0, 0.1) is 5.82 Å². The number of hydrogen-bond acceptors (Lipinski definition) is 4. The Morgan fingerprint density at radius 1 is 1.29 bits per heavy atom. The van der Waals surface area contributed by atoms with Crippen LogP contribution in [0.3, 0.4) is 0 Å². The molecule has 1 unspecified atom stereocenters. The number of aliphatic imine (C=N–C) groups is 1. The van der Waals surface area contributed by atoms with Crippen LogP contribution in [0.2, 0.25) is 0 Å². The van der Waals surface area contributed by atoms with Crippen LogP contribution in [0.15, 0.2) is 29.3 Å². The van der Waals surface area contributed by atoms with E-state index in [1.54, 1.807) is 6.07 Å². The third-order valence-corrected chi connectivity index (χ3v) is 6.40. The van der Waals surface area contributed by atoms with E-state index in [-0.39, 0.29) is 53.6 Å². The van der Waals surface area contributed by atoms with Gasteiger partial charge in [-0.1, -0.05) is 26.0 Å². The van der Waals surface area contributed by atoms with Crippen LogP contribution >= 0.6 is 24.0 Å². The maximum absolute atomic E-state index is 13.5. The molecule has 1 aliphatic heterocycles. The standard InChI is InChI=1S/C21H35FN4O3S.HI/c1-4-23-20(25-16-21(2,3)17-8-7-9-18(22)14-17)24-11-13-30(27,28)26-15-19-10-5-6-12-29-19;/h7-9,14,19,26H,4-6,10-13,15-16H2,1-3H3,(H2,23,24,25);1H. The van der Waals surface area contributed by atoms with Crippen molar-refractivity contribution in [2.24, 2.45) is 4.99 Å². The molecule has 0 amide bonds. The van der Waals surface area contributed by atoms with Crippen molar-refractivity contribution in [1.82, 2.24) is 15.4 Å². The lowest BCUT2D eigenvalue weighted by atomic mass is 9.85. The summed E-state index contributed by atoms with van der Waals surface area (Å²) in [6, 6.07) is 6.51. The van der Waals surface area contributed by atoms with Gasteiger partial charge in [-0.2, -0.15) is 0 Å². The maximum atomic E-state index is 13.5. The largest absolute Gasteiger partial charge is 0.377 e. The minimum absolute atomic E-state index is 0. The van der Waals surface area contributed by atoms with Crippen molar-refractivity contribution in [2.45, 2.75) is 51.6 Å². The first-order valence-electron chi connectivity index (χ1n) is 10.6.